The van der Waals surface area contributed by atoms with Gasteiger partial charge in [0.05, 0.1) is 0 Å². The van der Waals surface area contributed by atoms with Gasteiger partial charge in [0, 0.05) is 39.3 Å². The van der Waals surface area contributed by atoms with Crippen molar-refractivity contribution in [3.8, 4) is 0 Å². The smallest absolute Gasteiger partial charge is 0.0110 e. The number of piperazine rings is 1. The maximum absolute atomic E-state index is 6.17. The lowest BCUT2D eigenvalue weighted by molar-refractivity contribution is 0.0572. The molecule has 1 saturated heterocycles. The van der Waals surface area contributed by atoms with Crippen molar-refractivity contribution >= 4 is 0 Å². The van der Waals surface area contributed by atoms with E-state index in [0.717, 1.165) is 18.4 Å². The maximum Gasteiger partial charge on any atom is 0.0110 e. The second-order valence-corrected chi connectivity index (χ2v) is 7.91. The summed E-state index contributed by atoms with van der Waals surface area (Å²) in [5.41, 5.74) is 6.60. The van der Waals surface area contributed by atoms with Crippen molar-refractivity contribution in [3.05, 3.63) is 0 Å². The van der Waals surface area contributed by atoms with Crippen LogP contribution in [-0.4, -0.2) is 55.6 Å². The Labute approximate surface area is 124 Å². The van der Waals surface area contributed by atoms with E-state index in [1.54, 1.807) is 0 Å². The van der Waals surface area contributed by atoms with Crippen molar-refractivity contribution in [1.29, 1.82) is 0 Å². The van der Waals surface area contributed by atoms with E-state index in [1.165, 1.54) is 77.8 Å². The van der Waals surface area contributed by atoms with Crippen LogP contribution in [0.1, 0.15) is 45.4 Å². The highest BCUT2D eigenvalue weighted by atomic mass is 15.3. The molecule has 3 rings (SSSR count). The Morgan fingerprint density at radius 1 is 0.950 bits per heavy atom. The molecule has 116 valence electrons. The third kappa shape index (κ3) is 3.75. The quantitative estimate of drug-likeness (QED) is 0.837. The normalized spacial score (nSPS) is 37.2. The lowest BCUT2D eigenvalue weighted by atomic mass is 9.70. The van der Waals surface area contributed by atoms with Crippen LogP contribution in [0.25, 0.3) is 0 Å². The lowest BCUT2D eigenvalue weighted by Crippen LogP contribution is -2.52. The van der Waals surface area contributed by atoms with Crippen LogP contribution >= 0.6 is 0 Å². The van der Waals surface area contributed by atoms with Crippen molar-refractivity contribution in [2.24, 2.45) is 23.0 Å². The molecule has 0 aromatic rings. The van der Waals surface area contributed by atoms with Gasteiger partial charge >= 0.3 is 0 Å². The van der Waals surface area contributed by atoms with Crippen LogP contribution < -0.4 is 5.73 Å². The second kappa shape index (κ2) is 6.33. The zero-order valence-corrected chi connectivity index (χ0v) is 13.3. The van der Waals surface area contributed by atoms with Gasteiger partial charge in [0.1, 0.15) is 0 Å². The molecule has 2 N–H and O–H groups in total. The Balaban J connectivity index is 1.45. The largest absolute Gasteiger partial charge is 0.330 e. The summed E-state index contributed by atoms with van der Waals surface area (Å²) < 4.78 is 0. The van der Waals surface area contributed by atoms with Gasteiger partial charge in [-0.1, -0.05) is 19.8 Å². The van der Waals surface area contributed by atoms with Crippen LogP contribution in [0.5, 0.6) is 0 Å². The van der Waals surface area contributed by atoms with Gasteiger partial charge in [0.15, 0.2) is 0 Å². The second-order valence-electron chi connectivity index (χ2n) is 7.91. The summed E-state index contributed by atoms with van der Waals surface area (Å²) in [6.45, 7) is 11.0. The Kier molecular flexibility index (Phi) is 4.68. The molecule has 0 bridgehead atoms. The molecule has 0 atom stereocenters. The van der Waals surface area contributed by atoms with Crippen molar-refractivity contribution in [2.45, 2.75) is 45.4 Å². The third-order valence-corrected chi connectivity index (χ3v) is 6.01. The van der Waals surface area contributed by atoms with Gasteiger partial charge < -0.3 is 15.5 Å². The zero-order valence-electron chi connectivity index (χ0n) is 13.3. The number of hydrogen-bond donors (Lipinski definition) is 1. The van der Waals surface area contributed by atoms with Crippen LogP contribution in [0.3, 0.4) is 0 Å². The van der Waals surface area contributed by atoms with Crippen molar-refractivity contribution < 1.29 is 0 Å². The summed E-state index contributed by atoms with van der Waals surface area (Å²) in [4.78, 5) is 5.39. The standard InChI is InChI=1S/C17H33N3/c1-15-4-6-17(13-18,7-5-15)14-20-10-8-19(9-11-20)12-16-2-3-16/h15-16H,2-14,18H2,1H3. The summed E-state index contributed by atoms with van der Waals surface area (Å²) in [6.07, 6.45) is 8.45. The Bertz CT molecular complexity index is 297. The van der Waals surface area contributed by atoms with Crippen LogP contribution in [0, 0.1) is 17.3 Å². The fourth-order valence-electron chi connectivity index (χ4n) is 4.07. The first-order valence-corrected chi connectivity index (χ1v) is 8.84. The van der Waals surface area contributed by atoms with E-state index in [9.17, 15) is 0 Å². The fraction of sp³-hybridized carbons (Fsp3) is 1.00. The topological polar surface area (TPSA) is 32.5 Å². The van der Waals surface area contributed by atoms with Crippen LogP contribution in [0.4, 0.5) is 0 Å². The van der Waals surface area contributed by atoms with Crippen LogP contribution in [0.15, 0.2) is 0 Å². The van der Waals surface area contributed by atoms with E-state index in [2.05, 4.69) is 16.7 Å². The molecule has 0 amide bonds. The lowest BCUT2D eigenvalue weighted by Gasteiger charge is -2.44. The minimum Gasteiger partial charge on any atom is -0.330 e. The molecular formula is C17H33N3. The average Bonchev–Trinajstić information content (AvgIpc) is 3.28. The van der Waals surface area contributed by atoms with E-state index in [1.807, 2.05) is 0 Å². The van der Waals surface area contributed by atoms with Crippen molar-refractivity contribution in [2.75, 3.05) is 45.8 Å². The van der Waals surface area contributed by atoms with E-state index >= 15 is 0 Å². The minimum absolute atomic E-state index is 0.436. The number of hydrogen-bond acceptors (Lipinski definition) is 3. The molecule has 0 radical (unpaired) electrons. The van der Waals surface area contributed by atoms with Crippen molar-refractivity contribution in [3.63, 3.8) is 0 Å². The molecule has 1 heterocycles. The van der Waals surface area contributed by atoms with Gasteiger partial charge in [-0.25, -0.2) is 0 Å². The molecule has 2 aliphatic carbocycles. The number of nitrogens with two attached hydrogens (primary N) is 1. The van der Waals surface area contributed by atoms with E-state index in [-0.39, 0.29) is 0 Å². The molecule has 20 heavy (non-hydrogen) atoms. The first-order valence-electron chi connectivity index (χ1n) is 8.84. The Morgan fingerprint density at radius 3 is 2.10 bits per heavy atom. The molecule has 3 fully saturated rings. The highest BCUT2D eigenvalue weighted by Crippen LogP contribution is 2.39. The molecule has 2 saturated carbocycles. The van der Waals surface area contributed by atoms with Gasteiger partial charge in [0.2, 0.25) is 0 Å². The van der Waals surface area contributed by atoms with Gasteiger partial charge in [-0.3, -0.25) is 0 Å². The monoisotopic (exact) mass is 279 g/mol. The van der Waals surface area contributed by atoms with Crippen molar-refractivity contribution in [1.82, 2.24) is 9.80 Å². The number of rotatable bonds is 5. The van der Waals surface area contributed by atoms with Crippen LogP contribution in [-0.2, 0) is 0 Å². The first-order chi connectivity index (χ1) is 9.69. The fourth-order valence-corrected chi connectivity index (χ4v) is 4.07. The summed E-state index contributed by atoms with van der Waals surface area (Å²) in [6, 6.07) is 0. The zero-order chi connectivity index (χ0) is 14.0. The highest BCUT2D eigenvalue weighted by Gasteiger charge is 2.35. The summed E-state index contributed by atoms with van der Waals surface area (Å²) in [5.74, 6) is 1.96. The first kappa shape index (κ1) is 14.8. The van der Waals surface area contributed by atoms with E-state index in [0.29, 0.717) is 5.41 Å². The minimum atomic E-state index is 0.436. The van der Waals surface area contributed by atoms with Gasteiger partial charge in [-0.15, -0.1) is 0 Å². The van der Waals surface area contributed by atoms with Crippen LogP contribution in [0.2, 0.25) is 0 Å². The van der Waals surface area contributed by atoms with Gasteiger partial charge in [0.25, 0.3) is 0 Å². The summed E-state index contributed by atoms with van der Waals surface area (Å²) >= 11 is 0. The predicted octanol–water partition coefficient (Wildman–Crippen LogP) is 2.17. The Hall–Kier alpha value is -0.120. The van der Waals surface area contributed by atoms with E-state index in [4.69, 9.17) is 5.73 Å². The molecule has 3 nitrogen and oxygen atoms in total. The maximum atomic E-state index is 6.17. The molecule has 0 aromatic heterocycles. The van der Waals surface area contributed by atoms with Gasteiger partial charge in [-0.05, 0) is 49.5 Å². The number of nitrogens with zero attached hydrogens (tertiary/aromatic N) is 2. The highest BCUT2D eigenvalue weighted by molar-refractivity contribution is 4.90. The van der Waals surface area contributed by atoms with Gasteiger partial charge in [-0.2, -0.15) is 0 Å². The summed E-state index contributed by atoms with van der Waals surface area (Å²) in [7, 11) is 0. The average molecular weight is 279 g/mol. The molecule has 3 heteroatoms. The Morgan fingerprint density at radius 2 is 1.55 bits per heavy atom. The molecular weight excluding hydrogens is 246 g/mol. The molecule has 3 aliphatic rings. The SMILES string of the molecule is CC1CCC(CN)(CN2CCN(CC3CC3)CC2)CC1. The molecule has 0 aromatic carbocycles. The van der Waals surface area contributed by atoms with E-state index < -0.39 is 0 Å². The molecule has 0 spiro atoms. The predicted molar refractivity (Wildman–Crippen MR) is 84.7 cm³/mol. The third-order valence-electron chi connectivity index (χ3n) is 6.01. The molecule has 0 unspecified atom stereocenters. The molecule has 1 aliphatic heterocycles. The summed E-state index contributed by atoms with van der Waals surface area (Å²) in [5, 5.41) is 0.